The topological polar surface area (TPSA) is 52.7 Å². The van der Waals surface area contributed by atoms with Crippen molar-refractivity contribution in [1.29, 1.82) is 0 Å². The van der Waals surface area contributed by atoms with Crippen LogP contribution in [0.5, 0.6) is 0 Å². The molecule has 0 aliphatic carbocycles. The molecule has 0 bridgehead atoms. The fourth-order valence-corrected chi connectivity index (χ4v) is 3.07. The summed E-state index contributed by atoms with van der Waals surface area (Å²) in [5.41, 5.74) is 3.21. The van der Waals surface area contributed by atoms with Crippen molar-refractivity contribution in [1.82, 2.24) is 10.2 Å². The summed E-state index contributed by atoms with van der Waals surface area (Å²) in [6.45, 7) is 4.16. The second-order valence-corrected chi connectivity index (χ2v) is 6.30. The van der Waals surface area contributed by atoms with Crippen molar-refractivity contribution >= 4 is 40.9 Å². The summed E-state index contributed by atoms with van der Waals surface area (Å²) >= 11 is 4.94. The highest BCUT2D eigenvalue weighted by atomic mass is 32.1. The van der Waals surface area contributed by atoms with Gasteiger partial charge in [0.2, 0.25) is 0 Å². The van der Waals surface area contributed by atoms with Crippen molar-refractivity contribution in [3.8, 4) is 0 Å². The molecule has 23 heavy (non-hydrogen) atoms. The summed E-state index contributed by atoms with van der Waals surface area (Å²) in [5, 5.41) is 2.66. The predicted molar refractivity (Wildman–Crippen MR) is 94.1 cm³/mol. The van der Waals surface area contributed by atoms with E-state index in [-0.39, 0.29) is 16.6 Å². The van der Waals surface area contributed by atoms with Crippen LogP contribution in [0.1, 0.15) is 24.0 Å². The molecular weight excluding hydrogens is 310 g/mol. The Kier molecular flexibility index (Phi) is 4.17. The minimum absolute atomic E-state index is 0.109. The Morgan fingerprint density at radius 2 is 1.91 bits per heavy atom. The fraction of sp³-hybridized carbons (Fsp3) is 0.353. The van der Waals surface area contributed by atoms with Crippen molar-refractivity contribution in [2.24, 2.45) is 0 Å². The molecule has 2 aliphatic rings. The summed E-state index contributed by atoms with van der Waals surface area (Å²) in [6.07, 6.45) is 4.09. The number of nitrogens with zero attached hydrogens (tertiary/aromatic N) is 2. The first-order chi connectivity index (χ1) is 11.0. The average molecular weight is 329 g/mol. The number of aryl methyl sites for hydroxylation is 1. The monoisotopic (exact) mass is 329 g/mol. The Balaban J connectivity index is 1.91. The lowest BCUT2D eigenvalue weighted by molar-refractivity contribution is -0.128. The highest BCUT2D eigenvalue weighted by molar-refractivity contribution is 7.80. The number of carbonyl (C=O) groups is 2. The second-order valence-electron chi connectivity index (χ2n) is 5.92. The van der Waals surface area contributed by atoms with Gasteiger partial charge < -0.3 is 4.90 Å². The first-order valence-electron chi connectivity index (χ1n) is 7.68. The zero-order chi connectivity index (χ0) is 16.6. The molecule has 1 aromatic carbocycles. The molecule has 0 radical (unpaired) electrons. The largest absolute Gasteiger partial charge is 0.372 e. The standard InChI is InChI=1S/C17H19N3O2S/c1-11-9-13(20-7-3-4-8-20)6-5-12(11)10-14-15(21)18-17(23)19(2)16(14)22/h5-6,9-10H,3-4,7-8H2,1-2H3,(H,18,21,23)/b14-10+. The number of amides is 2. The van der Waals surface area contributed by atoms with E-state index < -0.39 is 5.91 Å². The maximum Gasteiger partial charge on any atom is 0.265 e. The molecule has 0 saturated carbocycles. The van der Waals surface area contributed by atoms with E-state index in [2.05, 4.69) is 16.3 Å². The molecule has 0 unspecified atom stereocenters. The van der Waals surface area contributed by atoms with Gasteiger partial charge in [-0.1, -0.05) is 6.07 Å². The van der Waals surface area contributed by atoms with E-state index >= 15 is 0 Å². The molecule has 0 spiro atoms. The number of anilines is 1. The molecular formula is C17H19N3O2S. The van der Waals surface area contributed by atoms with Crippen LogP contribution in [0, 0.1) is 6.92 Å². The zero-order valence-corrected chi connectivity index (χ0v) is 14.1. The van der Waals surface area contributed by atoms with Gasteiger partial charge in [0.15, 0.2) is 5.11 Å². The number of likely N-dealkylation sites (N-methyl/N-ethyl adjacent to an activating group) is 1. The van der Waals surface area contributed by atoms with Crippen LogP contribution >= 0.6 is 12.2 Å². The van der Waals surface area contributed by atoms with Crippen LogP contribution in [0.25, 0.3) is 6.08 Å². The van der Waals surface area contributed by atoms with Crippen molar-refractivity contribution in [3.05, 3.63) is 34.9 Å². The minimum Gasteiger partial charge on any atom is -0.372 e. The van der Waals surface area contributed by atoms with E-state index in [0.717, 1.165) is 24.2 Å². The molecule has 1 N–H and O–H groups in total. The lowest BCUT2D eigenvalue weighted by Crippen LogP contribution is -2.52. The Morgan fingerprint density at radius 3 is 2.57 bits per heavy atom. The van der Waals surface area contributed by atoms with Gasteiger partial charge in [-0.05, 0) is 61.3 Å². The van der Waals surface area contributed by atoms with Gasteiger partial charge >= 0.3 is 0 Å². The molecule has 2 saturated heterocycles. The van der Waals surface area contributed by atoms with Crippen molar-refractivity contribution < 1.29 is 9.59 Å². The average Bonchev–Trinajstić information content (AvgIpc) is 3.05. The van der Waals surface area contributed by atoms with Crippen LogP contribution in [-0.2, 0) is 9.59 Å². The molecule has 1 aromatic rings. The van der Waals surface area contributed by atoms with Gasteiger partial charge in [-0.3, -0.25) is 19.8 Å². The predicted octanol–water partition coefficient (Wildman–Crippen LogP) is 1.85. The maximum absolute atomic E-state index is 12.2. The molecule has 2 aliphatic heterocycles. The number of carbonyl (C=O) groups excluding carboxylic acids is 2. The van der Waals surface area contributed by atoms with Gasteiger partial charge in [0, 0.05) is 25.8 Å². The van der Waals surface area contributed by atoms with Crippen molar-refractivity contribution in [2.75, 3.05) is 25.0 Å². The molecule has 2 amide bonds. The third kappa shape index (κ3) is 2.99. The molecule has 2 heterocycles. The molecule has 2 fully saturated rings. The highest BCUT2D eigenvalue weighted by Gasteiger charge is 2.30. The Morgan fingerprint density at radius 1 is 1.22 bits per heavy atom. The highest BCUT2D eigenvalue weighted by Crippen LogP contribution is 2.25. The summed E-state index contributed by atoms with van der Waals surface area (Å²) < 4.78 is 0. The molecule has 3 rings (SSSR count). The number of nitrogens with one attached hydrogen (secondary N) is 1. The Bertz CT molecular complexity index is 721. The van der Waals surface area contributed by atoms with Crippen molar-refractivity contribution in [3.63, 3.8) is 0 Å². The van der Waals surface area contributed by atoms with E-state index in [1.807, 2.05) is 19.1 Å². The third-order valence-electron chi connectivity index (χ3n) is 4.33. The number of rotatable bonds is 2. The minimum atomic E-state index is -0.443. The van der Waals surface area contributed by atoms with E-state index in [4.69, 9.17) is 12.2 Å². The zero-order valence-electron chi connectivity index (χ0n) is 13.3. The summed E-state index contributed by atoms with van der Waals surface area (Å²) in [5.74, 6) is -0.817. The van der Waals surface area contributed by atoms with Gasteiger partial charge in [0.05, 0.1) is 0 Å². The summed E-state index contributed by atoms with van der Waals surface area (Å²) in [6, 6.07) is 6.12. The fourth-order valence-electron chi connectivity index (χ4n) is 2.89. The normalized spacial score (nSPS) is 20.4. The Labute approximate surface area is 140 Å². The molecule has 0 aromatic heterocycles. The first kappa shape index (κ1) is 15.7. The van der Waals surface area contributed by atoms with E-state index in [0.29, 0.717) is 0 Å². The van der Waals surface area contributed by atoms with Gasteiger partial charge in [-0.15, -0.1) is 0 Å². The third-order valence-corrected chi connectivity index (χ3v) is 4.71. The Hall–Kier alpha value is -2.21. The maximum atomic E-state index is 12.2. The van der Waals surface area contributed by atoms with Gasteiger partial charge in [0.1, 0.15) is 5.57 Å². The van der Waals surface area contributed by atoms with Crippen molar-refractivity contribution in [2.45, 2.75) is 19.8 Å². The SMILES string of the molecule is Cc1cc(N2CCCC2)ccc1/C=C1\C(=O)NC(=S)N(C)C1=O. The summed E-state index contributed by atoms with van der Waals surface area (Å²) in [4.78, 5) is 27.9. The molecule has 0 atom stereocenters. The second kappa shape index (κ2) is 6.12. The number of hydrogen-bond donors (Lipinski definition) is 1. The van der Waals surface area contributed by atoms with Crippen LogP contribution in [0.15, 0.2) is 23.8 Å². The number of thiocarbonyl (C=S) groups is 1. The van der Waals surface area contributed by atoms with Crippen LogP contribution < -0.4 is 10.2 Å². The molecule has 120 valence electrons. The lowest BCUT2D eigenvalue weighted by atomic mass is 10.0. The summed E-state index contributed by atoms with van der Waals surface area (Å²) in [7, 11) is 1.56. The number of hydrogen-bond acceptors (Lipinski definition) is 4. The van der Waals surface area contributed by atoms with Crippen LogP contribution in [0.4, 0.5) is 5.69 Å². The van der Waals surface area contributed by atoms with E-state index in [1.165, 1.54) is 23.4 Å². The molecule has 5 nitrogen and oxygen atoms in total. The van der Waals surface area contributed by atoms with Gasteiger partial charge in [-0.25, -0.2) is 0 Å². The van der Waals surface area contributed by atoms with Crippen LogP contribution in [0.2, 0.25) is 0 Å². The van der Waals surface area contributed by atoms with Crippen LogP contribution in [-0.4, -0.2) is 42.0 Å². The number of benzene rings is 1. The van der Waals surface area contributed by atoms with Gasteiger partial charge in [-0.2, -0.15) is 0 Å². The lowest BCUT2D eigenvalue weighted by Gasteiger charge is -2.25. The van der Waals surface area contributed by atoms with Gasteiger partial charge in [0.25, 0.3) is 11.8 Å². The van der Waals surface area contributed by atoms with Crippen LogP contribution in [0.3, 0.4) is 0 Å². The van der Waals surface area contributed by atoms with E-state index in [1.54, 1.807) is 13.1 Å². The first-order valence-corrected chi connectivity index (χ1v) is 8.09. The quantitative estimate of drug-likeness (QED) is 0.511. The smallest absolute Gasteiger partial charge is 0.265 e. The van der Waals surface area contributed by atoms with E-state index in [9.17, 15) is 9.59 Å². The molecule has 6 heteroatoms.